The van der Waals surface area contributed by atoms with Gasteiger partial charge in [0.05, 0.1) is 27.5 Å². The molecule has 0 bridgehead atoms. The van der Waals surface area contributed by atoms with Crippen LogP contribution in [0.1, 0.15) is 11.1 Å². The van der Waals surface area contributed by atoms with E-state index >= 15 is 0 Å². The number of nitrogens with one attached hydrogen (secondary N) is 2. The summed E-state index contributed by atoms with van der Waals surface area (Å²) < 4.78 is 0. The predicted octanol–water partition coefficient (Wildman–Crippen LogP) is 0.870. The molecule has 0 unspecified atom stereocenters. The molecule has 15 heteroatoms. The molecule has 15 nitrogen and oxygen atoms in total. The Balaban J connectivity index is 1.82. The molecule has 0 fully saturated rings. The zero-order chi connectivity index (χ0) is 24.2. The van der Waals surface area contributed by atoms with E-state index < -0.39 is 24.9 Å². The molecule has 0 aromatic heterocycles. The lowest BCUT2D eigenvalue weighted by molar-refractivity contribution is -0.729. The minimum absolute atomic E-state index is 0.0382. The van der Waals surface area contributed by atoms with Crippen LogP contribution in [0.5, 0.6) is 0 Å². The normalized spacial score (nSPS) is 10.7. The molecule has 4 N–H and O–H groups in total. The summed E-state index contributed by atoms with van der Waals surface area (Å²) in [5.74, 6) is -1.51. The van der Waals surface area contributed by atoms with E-state index in [-0.39, 0.29) is 21.2 Å². The van der Waals surface area contributed by atoms with Gasteiger partial charge in [-0.3, -0.25) is 9.59 Å². The Hall–Kier alpha value is -5.08. The van der Waals surface area contributed by atoms with Gasteiger partial charge in [-0.05, 0) is 0 Å². The molecular weight excluding hydrogens is 440 g/mol. The van der Waals surface area contributed by atoms with E-state index in [1.807, 2.05) is 0 Å². The summed E-state index contributed by atoms with van der Waals surface area (Å²) in [6.07, 6.45) is 2.39. The highest BCUT2D eigenvalue weighted by Crippen LogP contribution is 2.11. The zero-order valence-corrected chi connectivity index (χ0v) is 16.8. The minimum Gasteiger partial charge on any atom is -0.271 e. The number of nitrogens with zero attached hydrogens (tertiary/aromatic N) is 6. The summed E-state index contributed by atoms with van der Waals surface area (Å²) in [6.45, 7) is -1.16. The molecule has 33 heavy (non-hydrogen) atoms. The maximum absolute atomic E-state index is 11.9. The van der Waals surface area contributed by atoms with E-state index in [0.29, 0.717) is 16.1 Å². The third kappa shape index (κ3) is 8.28. The van der Waals surface area contributed by atoms with Crippen LogP contribution < -0.4 is 10.9 Å². The number of hydrogen-bond acceptors (Lipinski definition) is 8. The van der Waals surface area contributed by atoms with E-state index in [1.54, 1.807) is 12.1 Å². The van der Waals surface area contributed by atoms with Crippen molar-refractivity contribution >= 4 is 35.6 Å². The first-order valence-corrected chi connectivity index (χ1v) is 9.03. The van der Waals surface area contributed by atoms with Crippen LogP contribution >= 0.6 is 0 Å². The van der Waals surface area contributed by atoms with Crippen molar-refractivity contribution in [1.82, 2.24) is 15.9 Å². The smallest absolute Gasteiger partial charge is 0.271 e. The van der Waals surface area contributed by atoms with Gasteiger partial charge in [0.1, 0.15) is 13.1 Å². The number of hydrazone groups is 2. The number of nitroso groups, excluding NO2 is 1. The third-order valence-electron chi connectivity index (χ3n) is 3.76. The van der Waals surface area contributed by atoms with Gasteiger partial charge in [0.15, 0.2) is 0 Å². The predicted molar refractivity (Wildman–Crippen MR) is 112 cm³/mol. The molecule has 2 rings (SSSR count). The SMILES string of the molecule is O=NN(CC(=O)N/N=C\c1cccc([N+](=O)O)c1)CC(=O)N/N=C/c1cccc([N+](=O)O)c1. The van der Waals surface area contributed by atoms with Crippen LogP contribution in [0.4, 0.5) is 11.4 Å². The Kier molecular flexibility index (Phi) is 8.75. The number of rotatable bonds is 11. The molecule has 0 aliphatic carbocycles. The van der Waals surface area contributed by atoms with Crippen LogP contribution in [0.3, 0.4) is 0 Å². The number of carbonyl (C=O) groups is 2. The fraction of sp³-hybridized carbons (Fsp3) is 0.111. The van der Waals surface area contributed by atoms with Crippen molar-refractivity contribution in [2.45, 2.75) is 0 Å². The number of carbonyl (C=O) groups excluding carboxylic acids is 2. The van der Waals surface area contributed by atoms with Crippen molar-refractivity contribution in [3.05, 3.63) is 74.4 Å². The molecule has 2 aromatic rings. The van der Waals surface area contributed by atoms with Crippen molar-refractivity contribution in [2.75, 3.05) is 13.1 Å². The van der Waals surface area contributed by atoms with Crippen molar-refractivity contribution < 1.29 is 29.9 Å². The monoisotopic (exact) mass is 458 g/mol. The number of hydrogen-bond donors (Lipinski definition) is 4. The third-order valence-corrected chi connectivity index (χ3v) is 3.76. The molecule has 170 valence electrons. The number of amides is 2. The van der Waals surface area contributed by atoms with E-state index in [0.717, 1.165) is 0 Å². The summed E-state index contributed by atoms with van der Waals surface area (Å²) in [5, 5.41) is 28.2. The van der Waals surface area contributed by atoms with Crippen LogP contribution in [0.2, 0.25) is 0 Å². The highest BCUT2D eigenvalue weighted by atomic mass is 16.6. The summed E-state index contributed by atoms with van der Waals surface area (Å²) in [7, 11) is 0. The second kappa shape index (κ2) is 11.9. The van der Waals surface area contributed by atoms with E-state index in [9.17, 15) is 24.3 Å². The van der Waals surface area contributed by atoms with E-state index in [1.165, 1.54) is 48.8 Å². The van der Waals surface area contributed by atoms with Gasteiger partial charge in [-0.25, -0.2) is 26.3 Å². The lowest BCUT2D eigenvalue weighted by Crippen LogP contribution is -2.38. The Bertz CT molecular complexity index is 1030. The molecule has 2 aromatic carbocycles. The number of benzene rings is 2. The molecule has 0 atom stereocenters. The second-order valence-corrected chi connectivity index (χ2v) is 6.23. The van der Waals surface area contributed by atoms with Gasteiger partial charge in [-0.15, -0.1) is 4.91 Å². The lowest BCUT2D eigenvalue weighted by Gasteiger charge is -2.12. The van der Waals surface area contributed by atoms with Crippen molar-refractivity contribution in [1.29, 1.82) is 0 Å². The molecule has 0 radical (unpaired) electrons. The average Bonchev–Trinajstić information content (AvgIpc) is 2.79. The van der Waals surface area contributed by atoms with Crippen LogP contribution in [0.15, 0.2) is 64.0 Å². The molecule has 0 heterocycles. The van der Waals surface area contributed by atoms with Gasteiger partial charge in [-0.2, -0.15) is 10.2 Å². The quantitative estimate of drug-likeness (QED) is 0.216. The van der Waals surface area contributed by atoms with Gasteiger partial charge in [-0.1, -0.05) is 24.3 Å². The zero-order valence-electron chi connectivity index (χ0n) is 16.8. The average molecular weight is 458 g/mol. The van der Waals surface area contributed by atoms with Crippen molar-refractivity contribution in [3.63, 3.8) is 0 Å². The molecule has 0 aliphatic heterocycles. The molecule has 2 amide bonds. The van der Waals surface area contributed by atoms with Gasteiger partial charge in [0, 0.05) is 35.4 Å². The highest BCUT2D eigenvalue weighted by Gasteiger charge is 2.14. The van der Waals surface area contributed by atoms with Gasteiger partial charge in [0.2, 0.25) is 0 Å². The summed E-state index contributed by atoms with van der Waals surface area (Å²) >= 11 is 0. The van der Waals surface area contributed by atoms with Crippen LogP contribution in [0, 0.1) is 14.7 Å². The van der Waals surface area contributed by atoms with Gasteiger partial charge < -0.3 is 0 Å². The van der Waals surface area contributed by atoms with Gasteiger partial charge >= 0.3 is 11.4 Å². The Labute approximate surface area is 185 Å². The fourth-order valence-electron chi connectivity index (χ4n) is 2.32. The second-order valence-electron chi connectivity index (χ2n) is 6.23. The van der Waals surface area contributed by atoms with Crippen LogP contribution in [-0.2, 0) is 9.59 Å². The minimum atomic E-state index is -0.756. The summed E-state index contributed by atoms with van der Waals surface area (Å²) in [5.41, 5.74) is 4.97. The topological polar surface area (TPSA) is 196 Å². The van der Waals surface area contributed by atoms with E-state index in [4.69, 9.17) is 10.4 Å². The van der Waals surface area contributed by atoms with Crippen molar-refractivity contribution in [2.24, 2.45) is 15.5 Å². The summed E-state index contributed by atoms with van der Waals surface area (Å²) in [6, 6.07) is 11.4. The standard InChI is InChI=1S/C18H16N8O7/c27-17(21-19-9-13-3-1-5-15(7-13)25(30)31)11-24(23-29)12-18(28)22-20-10-14-4-2-6-16(8-14)26(32)33/h1-10H,11-12H2,(H2-2,21,22,27,28,30,31,32,33)/p+2/b19-9-,20-10+. The Morgan fingerprint density at radius 1 is 0.848 bits per heavy atom. The fourth-order valence-corrected chi connectivity index (χ4v) is 2.32. The highest BCUT2D eigenvalue weighted by molar-refractivity contribution is 5.85. The Morgan fingerprint density at radius 2 is 1.27 bits per heavy atom. The summed E-state index contributed by atoms with van der Waals surface area (Å²) in [4.78, 5) is 55.7. The first-order chi connectivity index (χ1) is 15.8. The molecule has 0 saturated heterocycles. The Morgan fingerprint density at radius 3 is 1.64 bits per heavy atom. The first-order valence-electron chi connectivity index (χ1n) is 9.03. The maximum atomic E-state index is 11.9. The molecular formula is C18H18N8O7+2. The first kappa shape index (κ1) is 24.2. The molecule has 0 saturated carbocycles. The molecule has 0 spiro atoms. The van der Waals surface area contributed by atoms with Crippen molar-refractivity contribution in [3.8, 4) is 0 Å². The molecule has 0 aliphatic rings. The maximum Gasteiger partial charge on any atom is 0.317 e. The van der Waals surface area contributed by atoms with Gasteiger partial charge in [0.25, 0.3) is 21.7 Å². The van der Waals surface area contributed by atoms with Crippen LogP contribution in [-0.4, -0.2) is 62.6 Å². The van der Waals surface area contributed by atoms with E-state index in [2.05, 4.69) is 26.3 Å². The van der Waals surface area contributed by atoms with Crippen LogP contribution in [0.25, 0.3) is 0 Å². The largest absolute Gasteiger partial charge is 0.317 e. The lowest BCUT2D eigenvalue weighted by atomic mass is 10.2.